The first kappa shape index (κ1) is 19.6. The second-order valence-corrected chi connectivity index (χ2v) is 8.52. The second-order valence-electron chi connectivity index (χ2n) is 6.74. The van der Waals surface area contributed by atoms with Gasteiger partial charge in [0.25, 0.3) is 0 Å². The van der Waals surface area contributed by atoms with Gasteiger partial charge in [0.2, 0.25) is 15.9 Å². The Morgan fingerprint density at radius 3 is 2.17 bits per heavy atom. The predicted octanol–water partition coefficient (Wildman–Crippen LogP) is 1.07. The van der Waals surface area contributed by atoms with E-state index >= 15 is 0 Å². The van der Waals surface area contributed by atoms with E-state index in [1.807, 2.05) is 24.3 Å². The van der Waals surface area contributed by atoms with Gasteiger partial charge in [0, 0.05) is 6.54 Å². The first-order valence-corrected chi connectivity index (χ1v) is 9.33. The van der Waals surface area contributed by atoms with Gasteiger partial charge in [-0.25, -0.2) is 13.1 Å². The maximum Gasteiger partial charge on any atom is 0.237 e. The lowest BCUT2D eigenvalue weighted by Crippen LogP contribution is -2.45. The van der Waals surface area contributed by atoms with E-state index in [1.54, 1.807) is 0 Å². The largest absolute Gasteiger partial charge is 0.387 e. The summed E-state index contributed by atoms with van der Waals surface area (Å²) in [5, 5.41) is 12.7. The van der Waals surface area contributed by atoms with Crippen molar-refractivity contribution in [3.8, 4) is 0 Å². The number of hydrogen-bond acceptors (Lipinski definition) is 4. The molecule has 6 nitrogen and oxygen atoms in total. The molecule has 1 aromatic rings. The number of aliphatic hydroxyl groups excluding tert-OH is 1. The van der Waals surface area contributed by atoms with Crippen LogP contribution in [0.3, 0.4) is 0 Å². The van der Waals surface area contributed by atoms with Crippen LogP contribution in [-0.2, 0) is 20.2 Å². The first-order chi connectivity index (χ1) is 10.4. The molecule has 2 unspecified atom stereocenters. The molecule has 0 fully saturated rings. The molecule has 2 atom stereocenters. The van der Waals surface area contributed by atoms with Crippen molar-refractivity contribution in [3.63, 3.8) is 0 Å². The van der Waals surface area contributed by atoms with Crippen molar-refractivity contribution in [2.24, 2.45) is 0 Å². The van der Waals surface area contributed by atoms with Gasteiger partial charge in [-0.05, 0) is 23.5 Å². The van der Waals surface area contributed by atoms with Crippen LogP contribution in [-0.4, -0.2) is 38.3 Å². The van der Waals surface area contributed by atoms with Crippen molar-refractivity contribution in [1.29, 1.82) is 0 Å². The molecule has 7 heteroatoms. The Labute approximate surface area is 138 Å². The average Bonchev–Trinajstić information content (AvgIpc) is 2.41. The molecule has 0 aliphatic heterocycles. The third kappa shape index (κ3) is 6.68. The Hall–Kier alpha value is -1.44. The van der Waals surface area contributed by atoms with Crippen molar-refractivity contribution in [2.45, 2.75) is 45.3 Å². The lowest BCUT2D eigenvalue weighted by Gasteiger charge is -2.20. The topological polar surface area (TPSA) is 95.5 Å². The molecule has 0 saturated carbocycles. The van der Waals surface area contributed by atoms with Crippen molar-refractivity contribution in [1.82, 2.24) is 10.0 Å². The molecule has 0 heterocycles. The molecule has 0 aromatic heterocycles. The van der Waals surface area contributed by atoms with Gasteiger partial charge in [0.05, 0.1) is 18.4 Å². The summed E-state index contributed by atoms with van der Waals surface area (Å²) in [6, 6.07) is 6.67. The Morgan fingerprint density at radius 2 is 1.74 bits per heavy atom. The van der Waals surface area contributed by atoms with Gasteiger partial charge in [-0.15, -0.1) is 0 Å². The smallest absolute Gasteiger partial charge is 0.237 e. The number of benzene rings is 1. The standard InChI is InChI=1S/C16H26N2O4S/c1-11(18-23(5,21)22)15(20)17-10-14(19)12-6-8-13(9-7-12)16(2,3)4/h6-9,11,14,18-19H,10H2,1-5H3,(H,17,20). The van der Waals surface area contributed by atoms with E-state index < -0.39 is 28.1 Å². The van der Waals surface area contributed by atoms with Gasteiger partial charge in [-0.3, -0.25) is 4.79 Å². The number of carbonyl (C=O) groups is 1. The van der Waals surface area contributed by atoms with Crippen LogP contribution in [0.25, 0.3) is 0 Å². The van der Waals surface area contributed by atoms with Crippen molar-refractivity contribution in [2.75, 3.05) is 12.8 Å². The van der Waals surface area contributed by atoms with Crippen LogP contribution in [0.1, 0.15) is 44.9 Å². The minimum absolute atomic E-state index is 0.0173. The van der Waals surface area contributed by atoms with Crippen molar-refractivity contribution in [3.05, 3.63) is 35.4 Å². The van der Waals surface area contributed by atoms with Gasteiger partial charge < -0.3 is 10.4 Å². The lowest BCUT2D eigenvalue weighted by molar-refractivity contribution is -0.122. The number of nitrogens with one attached hydrogen (secondary N) is 2. The number of hydrogen-bond donors (Lipinski definition) is 3. The monoisotopic (exact) mass is 342 g/mol. The van der Waals surface area contributed by atoms with Crippen molar-refractivity contribution < 1.29 is 18.3 Å². The van der Waals surface area contributed by atoms with Crippen molar-refractivity contribution >= 4 is 15.9 Å². The molecule has 0 saturated heterocycles. The minimum atomic E-state index is -3.45. The van der Waals surface area contributed by atoms with E-state index in [-0.39, 0.29) is 12.0 Å². The molecule has 0 radical (unpaired) electrons. The maximum absolute atomic E-state index is 11.8. The molecule has 0 bridgehead atoms. The highest BCUT2D eigenvalue weighted by Gasteiger charge is 2.18. The fourth-order valence-corrected chi connectivity index (χ4v) is 2.80. The Balaban J connectivity index is 2.60. The Kier molecular flexibility index (Phi) is 6.33. The number of rotatable bonds is 6. The summed E-state index contributed by atoms with van der Waals surface area (Å²) in [5.41, 5.74) is 1.88. The summed E-state index contributed by atoms with van der Waals surface area (Å²) >= 11 is 0. The second kappa shape index (κ2) is 7.42. The molecule has 1 amide bonds. The highest BCUT2D eigenvalue weighted by molar-refractivity contribution is 7.88. The van der Waals surface area contributed by atoms with Crippen LogP contribution in [0.2, 0.25) is 0 Å². The zero-order valence-corrected chi connectivity index (χ0v) is 15.1. The van der Waals surface area contributed by atoms with Gasteiger partial charge in [0.1, 0.15) is 0 Å². The first-order valence-electron chi connectivity index (χ1n) is 7.43. The molecule has 1 aromatic carbocycles. The van der Waals surface area contributed by atoms with Crippen LogP contribution < -0.4 is 10.0 Å². The molecule has 130 valence electrons. The summed E-state index contributed by atoms with van der Waals surface area (Å²) < 4.78 is 24.3. The highest BCUT2D eigenvalue weighted by atomic mass is 32.2. The molecular formula is C16H26N2O4S. The van der Waals surface area contributed by atoms with Crippen LogP contribution in [0.5, 0.6) is 0 Å². The summed E-state index contributed by atoms with van der Waals surface area (Å²) in [6.45, 7) is 7.78. The van der Waals surface area contributed by atoms with E-state index in [0.717, 1.165) is 11.8 Å². The molecule has 23 heavy (non-hydrogen) atoms. The van der Waals surface area contributed by atoms with Gasteiger partial charge in [0.15, 0.2) is 0 Å². The third-order valence-corrected chi connectivity index (χ3v) is 4.20. The maximum atomic E-state index is 11.8. The number of aliphatic hydroxyl groups is 1. The quantitative estimate of drug-likeness (QED) is 0.721. The van der Waals surface area contributed by atoms with Gasteiger partial charge >= 0.3 is 0 Å². The molecular weight excluding hydrogens is 316 g/mol. The molecule has 0 aliphatic carbocycles. The molecule has 3 N–H and O–H groups in total. The predicted molar refractivity (Wildman–Crippen MR) is 90.6 cm³/mol. The molecule has 1 rings (SSSR count). The molecule has 0 spiro atoms. The number of amides is 1. The van der Waals surface area contributed by atoms with E-state index in [9.17, 15) is 18.3 Å². The van der Waals surface area contributed by atoms with E-state index in [1.165, 1.54) is 6.92 Å². The van der Waals surface area contributed by atoms with Crippen LogP contribution in [0, 0.1) is 0 Å². The highest BCUT2D eigenvalue weighted by Crippen LogP contribution is 2.23. The van der Waals surface area contributed by atoms with Crippen LogP contribution >= 0.6 is 0 Å². The average molecular weight is 342 g/mol. The fourth-order valence-electron chi connectivity index (χ4n) is 2.05. The summed E-state index contributed by atoms with van der Waals surface area (Å²) in [7, 11) is -3.45. The Bertz CT molecular complexity index is 633. The molecule has 0 aliphatic rings. The number of sulfonamides is 1. The lowest BCUT2D eigenvalue weighted by atomic mass is 9.86. The zero-order chi connectivity index (χ0) is 17.8. The third-order valence-electron chi connectivity index (χ3n) is 3.42. The summed E-state index contributed by atoms with van der Waals surface area (Å²) in [6.07, 6.45) is 0.140. The van der Waals surface area contributed by atoms with E-state index in [0.29, 0.717) is 5.56 Å². The zero-order valence-electron chi connectivity index (χ0n) is 14.3. The van der Waals surface area contributed by atoms with E-state index in [2.05, 4.69) is 30.8 Å². The van der Waals surface area contributed by atoms with Gasteiger partial charge in [-0.1, -0.05) is 45.0 Å². The Morgan fingerprint density at radius 1 is 1.22 bits per heavy atom. The minimum Gasteiger partial charge on any atom is -0.387 e. The summed E-state index contributed by atoms with van der Waals surface area (Å²) in [5.74, 6) is -0.485. The van der Waals surface area contributed by atoms with Crippen LogP contribution in [0.4, 0.5) is 0 Å². The van der Waals surface area contributed by atoms with Crippen LogP contribution in [0.15, 0.2) is 24.3 Å². The van der Waals surface area contributed by atoms with Gasteiger partial charge in [-0.2, -0.15) is 0 Å². The fraction of sp³-hybridized carbons (Fsp3) is 0.562. The summed E-state index contributed by atoms with van der Waals surface area (Å²) in [4.78, 5) is 11.8. The SMILES string of the molecule is CC(NS(C)(=O)=O)C(=O)NCC(O)c1ccc(C(C)(C)C)cc1. The normalized spacial score (nSPS) is 15.0. The van der Waals surface area contributed by atoms with E-state index in [4.69, 9.17) is 0 Å². The number of carbonyl (C=O) groups excluding carboxylic acids is 1.